The molecule has 0 bridgehead atoms. The van der Waals surface area contributed by atoms with Crippen LogP contribution in [0.25, 0.3) is 0 Å². The molecule has 1 amide bonds. The quantitative estimate of drug-likeness (QED) is 0.844. The van der Waals surface area contributed by atoms with Gasteiger partial charge in [-0.2, -0.15) is 11.3 Å². The van der Waals surface area contributed by atoms with Gasteiger partial charge in [0, 0.05) is 25.0 Å². The predicted molar refractivity (Wildman–Crippen MR) is 88.6 cm³/mol. The molecule has 1 aromatic rings. The number of piperidine rings is 1. The summed E-state index contributed by atoms with van der Waals surface area (Å²) in [6, 6.07) is 1.95. The Labute approximate surface area is 136 Å². The Morgan fingerprint density at radius 2 is 2.14 bits per heavy atom. The monoisotopic (exact) mass is 342 g/mol. The number of rotatable bonds is 4. The van der Waals surface area contributed by atoms with E-state index in [-0.39, 0.29) is 11.7 Å². The van der Waals surface area contributed by atoms with E-state index in [2.05, 4.69) is 0 Å². The van der Waals surface area contributed by atoms with Gasteiger partial charge in [0.05, 0.1) is 16.9 Å². The third-order valence-electron chi connectivity index (χ3n) is 4.73. The Bertz CT molecular complexity index is 642. The minimum absolute atomic E-state index is 0.0994. The summed E-state index contributed by atoms with van der Waals surface area (Å²) in [4.78, 5) is 14.7. The van der Waals surface area contributed by atoms with E-state index in [1.807, 2.05) is 28.7 Å². The second-order valence-corrected chi connectivity index (χ2v) is 9.09. The zero-order valence-electron chi connectivity index (χ0n) is 12.8. The molecule has 0 saturated carbocycles. The zero-order valence-corrected chi connectivity index (χ0v) is 14.5. The molecule has 2 saturated heterocycles. The highest BCUT2D eigenvalue weighted by Crippen LogP contribution is 2.42. The first kappa shape index (κ1) is 16.0. The summed E-state index contributed by atoms with van der Waals surface area (Å²) >= 11 is 1.57. The Hall–Kier alpha value is -0.920. The standard InChI is InChI=1S/C15H22N2O3S2/c1-2-10-22(19,20)16-7-3-5-15(12-16)6-8-17(14(15)18)13-4-9-21-11-13/h4,9,11H,2-3,5-8,10,12H2,1H3/t15-/m1/s1. The topological polar surface area (TPSA) is 57.7 Å². The molecule has 2 aliphatic rings. The van der Waals surface area contributed by atoms with Crippen LogP contribution in [0, 0.1) is 5.41 Å². The van der Waals surface area contributed by atoms with Crippen LogP contribution in [0.2, 0.25) is 0 Å². The lowest BCUT2D eigenvalue weighted by Gasteiger charge is -2.38. The number of hydrogen-bond acceptors (Lipinski definition) is 4. The predicted octanol–water partition coefficient (Wildman–Crippen LogP) is 2.31. The van der Waals surface area contributed by atoms with Crippen molar-refractivity contribution >= 4 is 33.0 Å². The van der Waals surface area contributed by atoms with Crippen molar-refractivity contribution in [1.29, 1.82) is 0 Å². The van der Waals surface area contributed by atoms with E-state index in [0.29, 0.717) is 26.1 Å². The van der Waals surface area contributed by atoms with Gasteiger partial charge in [0.15, 0.2) is 0 Å². The lowest BCUT2D eigenvalue weighted by molar-refractivity contribution is -0.127. The lowest BCUT2D eigenvalue weighted by atomic mass is 9.79. The fraction of sp³-hybridized carbons (Fsp3) is 0.667. The fourth-order valence-corrected chi connectivity index (χ4v) is 5.84. The van der Waals surface area contributed by atoms with Crippen molar-refractivity contribution in [3.05, 3.63) is 16.8 Å². The lowest BCUT2D eigenvalue weighted by Crippen LogP contribution is -2.50. The molecular weight excluding hydrogens is 320 g/mol. The first-order valence-electron chi connectivity index (χ1n) is 7.80. The number of carbonyl (C=O) groups excluding carboxylic acids is 1. The fourth-order valence-electron chi connectivity index (χ4n) is 3.57. The van der Waals surface area contributed by atoms with Crippen LogP contribution in [0.15, 0.2) is 16.8 Å². The maximum atomic E-state index is 12.9. The first-order chi connectivity index (χ1) is 10.5. The third-order valence-corrected chi connectivity index (χ3v) is 7.42. The van der Waals surface area contributed by atoms with Gasteiger partial charge in [0.25, 0.3) is 0 Å². The third kappa shape index (κ3) is 2.70. The molecule has 0 aromatic carbocycles. The molecule has 122 valence electrons. The molecule has 0 N–H and O–H groups in total. The molecular formula is C15H22N2O3S2. The van der Waals surface area contributed by atoms with E-state index < -0.39 is 15.4 Å². The maximum Gasteiger partial charge on any atom is 0.234 e. The van der Waals surface area contributed by atoms with E-state index in [1.165, 1.54) is 0 Å². The molecule has 3 rings (SSSR count). The zero-order chi connectivity index (χ0) is 15.8. The summed E-state index contributed by atoms with van der Waals surface area (Å²) in [5, 5.41) is 3.94. The van der Waals surface area contributed by atoms with Crippen LogP contribution in [0.5, 0.6) is 0 Å². The summed E-state index contributed by atoms with van der Waals surface area (Å²) < 4.78 is 26.2. The van der Waals surface area contributed by atoms with Crippen LogP contribution < -0.4 is 4.90 Å². The van der Waals surface area contributed by atoms with Crippen molar-refractivity contribution in [3.63, 3.8) is 0 Å². The summed E-state index contributed by atoms with van der Waals surface area (Å²) in [5.74, 6) is 0.271. The smallest absolute Gasteiger partial charge is 0.234 e. The number of sulfonamides is 1. The van der Waals surface area contributed by atoms with Gasteiger partial charge in [-0.25, -0.2) is 12.7 Å². The van der Waals surface area contributed by atoms with Crippen molar-refractivity contribution < 1.29 is 13.2 Å². The van der Waals surface area contributed by atoms with E-state index in [4.69, 9.17) is 0 Å². The molecule has 0 aliphatic carbocycles. The Morgan fingerprint density at radius 3 is 2.82 bits per heavy atom. The Balaban J connectivity index is 1.81. The number of amides is 1. The van der Waals surface area contributed by atoms with Crippen LogP contribution in [0.1, 0.15) is 32.6 Å². The summed E-state index contributed by atoms with van der Waals surface area (Å²) in [7, 11) is -3.23. The van der Waals surface area contributed by atoms with Crippen LogP contribution in [0.4, 0.5) is 5.69 Å². The number of nitrogens with zero attached hydrogens (tertiary/aromatic N) is 2. The second-order valence-electron chi connectivity index (χ2n) is 6.22. The van der Waals surface area contributed by atoms with Crippen molar-refractivity contribution in [1.82, 2.24) is 4.31 Å². The minimum atomic E-state index is -3.23. The molecule has 2 aliphatic heterocycles. The van der Waals surface area contributed by atoms with Gasteiger partial charge in [0.2, 0.25) is 15.9 Å². The number of anilines is 1. The second kappa shape index (κ2) is 5.94. The molecule has 22 heavy (non-hydrogen) atoms. The number of hydrogen-bond donors (Lipinski definition) is 0. The van der Waals surface area contributed by atoms with E-state index >= 15 is 0 Å². The van der Waals surface area contributed by atoms with E-state index in [1.54, 1.807) is 15.6 Å². The van der Waals surface area contributed by atoms with Gasteiger partial charge < -0.3 is 4.90 Å². The average molecular weight is 342 g/mol. The largest absolute Gasteiger partial charge is 0.311 e. The highest BCUT2D eigenvalue weighted by Gasteiger charge is 2.50. The van der Waals surface area contributed by atoms with E-state index in [9.17, 15) is 13.2 Å². The summed E-state index contributed by atoms with van der Waals surface area (Å²) in [5.41, 5.74) is 0.432. The van der Waals surface area contributed by atoms with Gasteiger partial charge in [-0.3, -0.25) is 4.79 Å². The van der Waals surface area contributed by atoms with Gasteiger partial charge in [0.1, 0.15) is 0 Å². The van der Waals surface area contributed by atoms with Crippen molar-refractivity contribution in [2.75, 3.05) is 30.3 Å². The normalized spacial score (nSPS) is 27.0. The average Bonchev–Trinajstić information content (AvgIpc) is 3.10. The van der Waals surface area contributed by atoms with Gasteiger partial charge in [-0.05, 0) is 37.1 Å². The van der Waals surface area contributed by atoms with Gasteiger partial charge >= 0.3 is 0 Å². The number of carbonyl (C=O) groups is 1. The van der Waals surface area contributed by atoms with Gasteiger partial charge in [-0.1, -0.05) is 6.92 Å². The molecule has 1 spiro atoms. The molecule has 1 aromatic heterocycles. The molecule has 2 fully saturated rings. The molecule has 3 heterocycles. The Morgan fingerprint density at radius 1 is 1.32 bits per heavy atom. The van der Waals surface area contributed by atoms with Crippen molar-refractivity contribution in [3.8, 4) is 0 Å². The SMILES string of the molecule is CCCS(=O)(=O)N1CCC[C@@]2(CCN(c3ccsc3)C2=O)C1. The van der Waals surface area contributed by atoms with Crippen molar-refractivity contribution in [2.45, 2.75) is 32.6 Å². The molecule has 5 nitrogen and oxygen atoms in total. The van der Waals surface area contributed by atoms with Crippen LogP contribution in [-0.4, -0.2) is 44.0 Å². The highest BCUT2D eigenvalue weighted by atomic mass is 32.2. The number of thiophene rings is 1. The Kier molecular flexibility index (Phi) is 4.31. The first-order valence-corrected chi connectivity index (χ1v) is 10.4. The summed E-state index contributed by atoms with van der Waals surface area (Å²) in [6.07, 6.45) is 2.93. The van der Waals surface area contributed by atoms with Crippen LogP contribution >= 0.6 is 11.3 Å². The van der Waals surface area contributed by atoms with Crippen LogP contribution in [0.3, 0.4) is 0 Å². The highest BCUT2D eigenvalue weighted by molar-refractivity contribution is 7.89. The molecule has 0 unspecified atom stereocenters. The van der Waals surface area contributed by atoms with E-state index in [0.717, 1.165) is 24.9 Å². The van der Waals surface area contributed by atoms with Crippen LogP contribution in [-0.2, 0) is 14.8 Å². The summed E-state index contributed by atoms with van der Waals surface area (Å²) in [6.45, 7) is 3.47. The van der Waals surface area contributed by atoms with Gasteiger partial charge in [-0.15, -0.1) is 0 Å². The van der Waals surface area contributed by atoms with Crippen molar-refractivity contribution in [2.24, 2.45) is 5.41 Å². The minimum Gasteiger partial charge on any atom is -0.311 e. The molecule has 7 heteroatoms. The molecule has 0 radical (unpaired) electrons. The maximum absolute atomic E-state index is 12.9. The molecule has 1 atom stereocenters.